The monoisotopic (exact) mass is 630 g/mol. The zero-order valence-corrected chi connectivity index (χ0v) is 18.8. The normalized spacial score (nSPS) is 10.8. The van der Waals surface area contributed by atoms with Crippen LogP contribution in [0.15, 0.2) is 48.9 Å². The molecule has 0 spiro atoms. The van der Waals surface area contributed by atoms with E-state index in [0.717, 1.165) is 8.04 Å². The zero-order chi connectivity index (χ0) is 17.7. The Morgan fingerprint density at radius 2 is 1.92 bits per heavy atom. The molecule has 0 radical (unpaired) electrons. The summed E-state index contributed by atoms with van der Waals surface area (Å²) < 4.78 is 8.73. The average Bonchev–Trinajstić information content (AvgIpc) is 2.49. The Morgan fingerprint density at radius 3 is 2.58 bits per heavy atom. The highest BCUT2D eigenvalue weighted by Gasteiger charge is 2.10. The standard InChI is InChI=1S/C15H10Br3IN2O3/c16-9-4-11(17)15(12(18)5-9)24-7-14(23)21-20-6-8-3-10(19)1-2-13(8)22/h1-6,22H,7H2,(H,21,23)/b20-6+. The molecule has 0 aliphatic carbocycles. The lowest BCUT2D eigenvalue weighted by atomic mass is 10.2. The summed E-state index contributed by atoms with van der Waals surface area (Å²) in [5.41, 5.74) is 2.87. The van der Waals surface area contributed by atoms with Crippen LogP contribution < -0.4 is 10.2 Å². The summed E-state index contributed by atoms with van der Waals surface area (Å²) in [5.74, 6) is 0.193. The van der Waals surface area contributed by atoms with Crippen LogP contribution in [0.2, 0.25) is 0 Å². The van der Waals surface area contributed by atoms with Crippen molar-refractivity contribution in [3.8, 4) is 11.5 Å². The van der Waals surface area contributed by atoms with Crippen molar-refractivity contribution < 1.29 is 14.6 Å². The van der Waals surface area contributed by atoms with Gasteiger partial charge in [-0.25, -0.2) is 5.43 Å². The van der Waals surface area contributed by atoms with Crippen molar-refractivity contribution in [2.45, 2.75) is 0 Å². The van der Waals surface area contributed by atoms with Gasteiger partial charge in [0.2, 0.25) is 0 Å². The minimum atomic E-state index is -0.418. The third-order valence-corrected chi connectivity index (χ3v) is 5.00. The van der Waals surface area contributed by atoms with Gasteiger partial charge in [-0.15, -0.1) is 0 Å². The fourth-order valence-corrected chi connectivity index (χ4v) is 4.64. The van der Waals surface area contributed by atoms with Crippen LogP contribution in [0.1, 0.15) is 5.56 Å². The van der Waals surface area contributed by atoms with E-state index in [1.54, 1.807) is 18.2 Å². The van der Waals surface area contributed by atoms with E-state index < -0.39 is 5.91 Å². The largest absolute Gasteiger partial charge is 0.507 e. The predicted octanol–water partition coefficient (Wildman–Crippen LogP) is 4.81. The Balaban J connectivity index is 1.92. The fourth-order valence-electron chi connectivity index (χ4n) is 1.64. The Bertz CT molecular complexity index is 777. The number of phenolic OH excluding ortho intramolecular Hbond substituents is 1. The molecule has 0 aliphatic heterocycles. The summed E-state index contributed by atoms with van der Waals surface area (Å²) >= 11 is 12.2. The molecule has 0 fully saturated rings. The number of ether oxygens (including phenoxy) is 1. The van der Waals surface area contributed by atoms with Crippen molar-refractivity contribution in [3.05, 3.63) is 52.9 Å². The summed E-state index contributed by atoms with van der Waals surface area (Å²) in [7, 11) is 0. The summed E-state index contributed by atoms with van der Waals surface area (Å²) in [6.07, 6.45) is 1.38. The maximum Gasteiger partial charge on any atom is 0.277 e. The maximum atomic E-state index is 11.8. The Labute approximate surface area is 177 Å². The van der Waals surface area contributed by atoms with E-state index in [0.29, 0.717) is 20.3 Å². The second-order valence-corrected chi connectivity index (χ2v) is 8.35. The molecule has 126 valence electrons. The smallest absolute Gasteiger partial charge is 0.277 e. The zero-order valence-electron chi connectivity index (χ0n) is 11.9. The molecule has 5 nitrogen and oxygen atoms in total. The van der Waals surface area contributed by atoms with Gasteiger partial charge in [0.05, 0.1) is 15.2 Å². The van der Waals surface area contributed by atoms with Crippen LogP contribution in [-0.2, 0) is 4.79 Å². The van der Waals surface area contributed by atoms with Gasteiger partial charge in [0.1, 0.15) is 11.5 Å². The van der Waals surface area contributed by atoms with E-state index in [4.69, 9.17) is 4.74 Å². The molecule has 2 N–H and O–H groups in total. The number of halogens is 4. The molecule has 0 aromatic heterocycles. The number of nitrogens with zero attached hydrogens (tertiary/aromatic N) is 1. The first-order valence-corrected chi connectivity index (χ1v) is 9.90. The number of rotatable bonds is 5. The number of carbonyl (C=O) groups excluding carboxylic acids is 1. The topological polar surface area (TPSA) is 70.9 Å². The summed E-state index contributed by atoms with van der Waals surface area (Å²) in [4.78, 5) is 11.8. The van der Waals surface area contributed by atoms with Gasteiger partial charge < -0.3 is 9.84 Å². The van der Waals surface area contributed by atoms with Gasteiger partial charge in [-0.2, -0.15) is 5.10 Å². The van der Waals surface area contributed by atoms with Crippen LogP contribution in [0.3, 0.4) is 0 Å². The first kappa shape index (κ1) is 19.7. The number of hydrazone groups is 1. The third-order valence-electron chi connectivity index (χ3n) is 2.69. The number of amides is 1. The van der Waals surface area contributed by atoms with Gasteiger partial charge in [0, 0.05) is 13.6 Å². The molecule has 0 saturated heterocycles. The minimum Gasteiger partial charge on any atom is -0.507 e. The summed E-state index contributed by atoms with van der Waals surface area (Å²) in [6, 6.07) is 8.72. The van der Waals surface area contributed by atoms with Crippen molar-refractivity contribution in [1.29, 1.82) is 0 Å². The van der Waals surface area contributed by atoms with Gasteiger partial charge in [-0.05, 0) is 84.8 Å². The van der Waals surface area contributed by atoms with E-state index in [2.05, 4.69) is 80.9 Å². The third kappa shape index (κ3) is 5.71. The quantitative estimate of drug-likeness (QED) is 0.283. The molecular weight excluding hydrogens is 623 g/mol. The average molecular weight is 633 g/mol. The highest BCUT2D eigenvalue weighted by molar-refractivity contribution is 14.1. The van der Waals surface area contributed by atoms with Crippen LogP contribution >= 0.6 is 70.4 Å². The Morgan fingerprint density at radius 1 is 1.25 bits per heavy atom. The molecule has 0 saturated carbocycles. The van der Waals surface area contributed by atoms with Crippen LogP contribution in [-0.4, -0.2) is 23.8 Å². The first-order chi connectivity index (χ1) is 11.4. The predicted molar refractivity (Wildman–Crippen MR) is 112 cm³/mol. The molecule has 0 aliphatic rings. The van der Waals surface area contributed by atoms with Crippen molar-refractivity contribution in [2.24, 2.45) is 5.10 Å². The lowest BCUT2D eigenvalue weighted by molar-refractivity contribution is -0.123. The van der Waals surface area contributed by atoms with Gasteiger partial charge >= 0.3 is 0 Å². The number of aromatic hydroxyl groups is 1. The molecule has 2 aromatic rings. The number of nitrogens with one attached hydrogen (secondary N) is 1. The molecule has 0 bridgehead atoms. The first-order valence-electron chi connectivity index (χ1n) is 6.44. The summed E-state index contributed by atoms with van der Waals surface area (Å²) in [5, 5.41) is 13.5. The molecule has 9 heteroatoms. The molecule has 24 heavy (non-hydrogen) atoms. The fraction of sp³-hybridized carbons (Fsp3) is 0.0667. The van der Waals surface area contributed by atoms with Crippen LogP contribution in [0.25, 0.3) is 0 Å². The van der Waals surface area contributed by atoms with Gasteiger partial charge in [0.25, 0.3) is 5.91 Å². The molecule has 0 unspecified atom stereocenters. The summed E-state index contributed by atoms with van der Waals surface area (Å²) in [6.45, 7) is -0.200. The van der Waals surface area contributed by atoms with E-state index in [-0.39, 0.29) is 12.4 Å². The molecule has 2 rings (SSSR count). The van der Waals surface area contributed by atoms with Gasteiger partial charge in [0.15, 0.2) is 6.61 Å². The van der Waals surface area contributed by atoms with Gasteiger partial charge in [-0.3, -0.25) is 4.79 Å². The highest BCUT2D eigenvalue weighted by atomic mass is 127. The molecular formula is C15H10Br3IN2O3. The van der Waals surface area contributed by atoms with Crippen LogP contribution in [0.4, 0.5) is 0 Å². The molecule has 2 aromatic carbocycles. The Kier molecular flexibility index (Phi) is 7.51. The van der Waals surface area contributed by atoms with E-state index >= 15 is 0 Å². The second-order valence-electron chi connectivity index (χ2n) is 4.48. The van der Waals surface area contributed by atoms with E-state index in [9.17, 15) is 9.90 Å². The molecule has 0 heterocycles. The van der Waals surface area contributed by atoms with E-state index in [1.807, 2.05) is 12.1 Å². The second kappa shape index (κ2) is 9.16. The Hall–Kier alpha value is -0.650. The maximum absolute atomic E-state index is 11.8. The van der Waals surface area contributed by atoms with Crippen molar-refractivity contribution in [1.82, 2.24) is 5.43 Å². The minimum absolute atomic E-state index is 0.0902. The highest BCUT2D eigenvalue weighted by Crippen LogP contribution is 2.36. The molecule has 1 amide bonds. The van der Waals surface area contributed by atoms with Crippen LogP contribution in [0, 0.1) is 3.57 Å². The number of phenols is 1. The van der Waals surface area contributed by atoms with Gasteiger partial charge in [-0.1, -0.05) is 15.9 Å². The van der Waals surface area contributed by atoms with E-state index in [1.165, 1.54) is 6.21 Å². The van der Waals surface area contributed by atoms with Crippen molar-refractivity contribution in [2.75, 3.05) is 6.61 Å². The lowest BCUT2D eigenvalue weighted by Gasteiger charge is -2.09. The number of carbonyl (C=O) groups is 1. The number of hydrogen-bond donors (Lipinski definition) is 2. The van der Waals surface area contributed by atoms with Crippen molar-refractivity contribution >= 4 is 82.5 Å². The lowest BCUT2D eigenvalue weighted by Crippen LogP contribution is -2.24. The van der Waals surface area contributed by atoms with Crippen LogP contribution in [0.5, 0.6) is 11.5 Å². The number of hydrogen-bond acceptors (Lipinski definition) is 4. The SMILES string of the molecule is O=C(COc1c(Br)cc(Br)cc1Br)N/N=C/c1cc(I)ccc1O. The van der Waals surface area contributed by atoms with Crippen molar-refractivity contribution in [3.63, 3.8) is 0 Å². The molecule has 0 atom stereocenters. The number of benzene rings is 2.